The summed E-state index contributed by atoms with van der Waals surface area (Å²) in [7, 11) is 0. The molecule has 3 heteroatoms. The van der Waals surface area contributed by atoms with Crippen molar-refractivity contribution in [3.63, 3.8) is 0 Å². The van der Waals surface area contributed by atoms with Crippen molar-refractivity contribution < 1.29 is 4.79 Å². The lowest BCUT2D eigenvalue weighted by atomic mass is 10.3. The molecule has 8 heavy (non-hydrogen) atoms. The van der Waals surface area contributed by atoms with Crippen LogP contribution >= 0.6 is 15.9 Å². The van der Waals surface area contributed by atoms with E-state index >= 15 is 0 Å². The van der Waals surface area contributed by atoms with E-state index in [1.807, 2.05) is 0 Å². The summed E-state index contributed by atoms with van der Waals surface area (Å²) in [5, 5.41) is 2.67. The van der Waals surface area contributed by atoms with Gasteiger partial charge in [0.25, 0.3) is 0 Å². The van der Waals surface area contributed by atoms with Gasteiger partial charge in [-0.05, 0) is 6.42 Å². The van der Waals surface area contributed by atoms with Crippen LogP contribution in [0.2, 0.25) is 0 Å². The SMILES string of the molecule is O=C1C=C(Br)CCN1. The zero-order valence-electron chi connectivity index (χ0n) is 4.28. The molecule has 1 N–H and O–H groups in total. The molecule has 0 aromatic carbocycles. The molecule has 0 bridgehead atoms. The molecule has 1 aliphatic rings. The largest absolute Gasteiger partial charge is 0.352 e. The van der Waals surface area contributed by atoms with E-state index in [2.05, 4.69) is 21.2 Å². The smallest absolute Gasteiger partial charge is 0.244 e. The first-order chi connectivity index (χ1) is 3.79. The third-order valence-electron chi connectivity index (χ3n) is 0.951. The van der Waals surface area contributed by atoms with Crippen LogP contribution in [0.5, 0.6) is 0 Å². The Balaban J connectivity index is 2.64. The van der Waals surface area contributed by atoms with Gasteiger partial charge in [-0.15, -0.1) is 0 Å². The number of nitrogens with one attached hydrogen (secondary N) is 1. The molecule has 44 valence electrons. The highest BCUT2D eigenvalue weighted by Gasteiger charge is 2.03. The molecule has 0 unspecified atom stereocenters. The average molecular weight is 176 g/mol. The normalized spacial score (nSPS) is 19.6. The molecule has 0 spiro atoms. The first kappa shape index (κ1) is 5.82. The fourth-order valence-electron chi connectivity index (χ4n) is 0.571. The summed E-state index contributed by atoms with van der Waals surface area (Å²) in [5.41, 5.74) is 0. The molecule has 0 aliphatic carbocycles. The lowest BCUT2D eigenvalue weighted by Crippen LogP contribution is -2.25. The lowest BCUT2D eigenvalue weighted by molar-refractivity contribution is -0.116. The maximum atomic E-state index is 10.5. The van der Waals surface area contributed by atoms with Gasteiger partial charge in [-0.1, -0.05) is 15.9 Å². The van der Waals surface area contributed by atoms with Gasteiger partial charge in [-0.3, -0.25) is 4.79 Å². The van der Waals surface area contributed by atoms with Crippen molar-refractivity contribution in [3.05, 3.63) is 10.6 Å². The highest BCUT2D eigenvalue weighted by atomic mass is 79.9. The topological polar surface area (TPSA) is 29.1 Å². The van der Waals surface area contributed by atoms with Crippen molar-refractivity contribution in [2.75, 3.05) is 6.54 Å². The van der Waals surface area contributed by atoms with Gasteiger partial charge in [0.15, 0.2) is 0 Å². The minimum Gasteiger partial charge on any atom is -0.352 e. The zero-order valence-corrected chi connectivity index (χ0v) is 5.86. The van der Waals surface area contributed by atoms with Crippen molar-refractivity contribution in [3.8, 4) is 0 Å². The number of amides is 1. The fraction of sp³-hybridized carbons (Fsp3) is 0.400. The summed E-state index contributed by atoms with van der Waals surface area (Å²) < 4.78 is 0.987. The van der Waals surface area contributed by atoms with Gasteiger partial charge in [-0.2, -0.15) is 0 Å². The molecule has 1 amide bonds. The second-order valence-corrected chi connectivity index (χ2v) is 2.65. The highest BCUT2D eigenvalue weighted by molar-refractivity contribution is 9.11. The number of rotatable bonds is 0. The van der Waals surface area contributed by atoms with E-state index < -0.39 is 0 Å². The van der Waals surface area contributed by atoms with E-state index in [0.29, 0.717) is 0 Å². The maximum absolute atomic E-state index is 10.5. The highest BCUT2D eigenvalue weighted by Crippen LogP contribution is 2.10. The summed E-state index contributed by atoms with van der Waals surface area (Å²) in [6.07, 6.45) is 2.48. The second kappa shape index (κ2) is 2.31. The van der Waals surface area contributed by atoms with Crippen LogP contribution in [0.1, 0.15) is 6.42 Å². The monoisotopic (exact) mass is 175 g/mol. The molecular formula is C5H6BrNO. The molecule has 2 nitrogen and oxygen atoms in total. The van der Waals surface area contributed by atoms with Crippen LogP contribution < -0.4 is 5.32 Å². The molecule has 1 rings (SSSR count). The zero-order chi connectivity index (χ0) is 5.98. The summed E-state index contributed by atoms with van der Waals surface area (Å²) in [4.78, 5) is 10.5. The van der Waals surface area contributed by atoms with Crippen molar-refractivity contribution in [1.82, 2.24) is 5.32 Å². The Hall–Kier alpha value is -0.310. The third kappa shape index (κ3) is 1.33. The Bertz CT molecular complexity index is 141. The molecule has 0 aromatic rings. The quantitative estimate of drug-likeness (QED) is 0.580. The van der Waals surface area contributed by atoms with E-state index in [1.54, 1.807) is 6.08 Å². The Labute approximate surface area is 56.1 Å². The van der Waals surface area contributed by atoms with Gasteiger partial charge in [0, 0.05) is 17.1 Å². The van der Waals surface area contributed by atoms with Crippen LogP contribution in [0.25, 0.3) is 0 Å². The van der Waals surface area contributed by atoms with Gasteiger partial charge in [0.1, 0.15) is 0 Å². The Kier molecular flexibility index (Phi) is 1.68. The van der Waals surface area contributed by atoms with Crippen LogP contribution in [0, 0.1) is 0 Å². The number of carbonyl (C=O) groups is 1. The summed E-state index contributed by atoms with van der Waals surface area (Å²) in [6.45, 7) is 0.760. The molecule has 1 heterocycles. The van der Waals surface area contributed by atoms with E-state index in [0.717, 1.165) is 17.4 Å². The lowest BCUT2D eigenvalue weighted by Gasteiger charge is -2.06. The fourth-order valence-corrected chi connectivity index (χ4v) is 0.977. The number of hydrogen-bond acceptors (Lipinski definition) is 1. The predicted molar refractivity (Wildman–Crippen MR) is 34.6 cm³/mol. The standard InChI is InChI=1S/C5H6BrNO/c6-4-1-2-7-5(8)3-4/h3H,1-2H2,(H,7,8). The molecule has 0 radical (unpaired) electrons. The van der Waals surface area contributed by atoms with Gasteiger partial charge in [0.05, 0.1) is 0 Å². The number of halogens is 1. The maximum Gasteiger partial charge on any atom is 0.244 e. The van der Waals surface area contributed by atoms with E-state index in [4.69, 9.17) is 0 Å². The summed E-state index contributed by atoms with van der Waals surface area (Å²) in [5.74, 6) is 0.00289. The third-order valence-corrected chi connectivity index (χ3v) is 1.58. The van der Waals surface area contributed by atoms with Gasteiger partial charge >= 0.3 is 0 Å². The van der Waals surface area contributed by atoms with E-state index in [1.165, 1.54) is 0 Å². The van der Waals surface area contributed by atoms with Crippen molar-refractivity contribution in [2.24, 2.45) is 0 Å². The Morgan fingerprint density at radius 3 is 2.88 bits per heavy atom. The predicted octanol–water partition coefficient (Wildman–Crippen LogP) is 0.785. The van der Waals surface area contributed by atoms with Crippen molar-refractivity contribution >= 4 is 21.8 Å². The van der Waals surface area contributed by atoms with Crippen molar-refractivity contribution in [2.45, 2.75) is 6.42 Å². The molecular weight excluding hydrogens is 170 g/mol. The first-order valence-electron chi connectivity index (χ1n) is 2.43. The van der Waals surface area contributed by atoms with Gasteiger partial charge < -0.3 is 5.32 Å². The Morgan fingerprint density at radius 2 is 2.50 bits per heavy atom. The molecule has 1 aliphatic heterocycles. The van der Waals surface area contributed by atoms with Crippen LogP contribution in [0.3, 0.4) is 0 Å². The molecule has 0 saturated heterocycles. The van der Waals surface area contributed by atoms with Crippen LogP contribution in [-0.4, -0.2) is 12.5 Å². The molecule has 0 saturated carbocycles. The summed E-state index contributed by atoms with van der Waals surface area (Å²) in [6, 6.07) is 0. The number of hydrogen-bond donors (Lipinski definition) is 1. The summed E-state index contributed by atoms with van der Waals surface area (Å²) >= 11 is 3.23. The van der Waals surface area contributed by atoms with Gasteiger partial charge in [-0.25, -0.2) is 0 Å². The van der Waals surface area contributed by atoms with Crippen LogP contribution in [-0.2, 0) is 4.79 Å². The second-order valence-electron chi connectivity index (χ2n) is 1.63. The first-order valence-corrected chi connectivity index (χ1v) is 3.22. The average Bonchev–Trinajstić information content (AvgIpc) is 1.64. The van der Waals surface area contributed by atoms with Gasteiger partial charge in [0.2, 0.25) is 5.91 Å². The number of carbonyl (C=O) groups excluding carboxylic acids is 1. The minimum absolute atomic E-state index is 0.00289. The minimum atomic E-state index is 0.00289. The van der Waals surface area contributed by atoms with Crippen molar-refractivity contribution in [1.29, 1.82) is 0 Å². The van der Waals surface area contributed by atoms with Crippen LogP contribution in [0.4, 0.5) is 0 Å². The molecule has 0 atom stereocenters. The molecule has 0 aromatic heterocycles. The molecule has 0 fully saturated rings. The van der Waals surface area contributed by atoms with E-state index in [-0.39, 0.29) is 5.91 Å². The Morgan fingerprint density at radius 1 is 1.75 bits per heavy atom. The van der Waals surface area contributed by atoms with Crippen LogP contribution in [0.15, 0.2) is 10.6 Å². The van der Waals surface area contributed by atoms with E-state index in [9.17, 15) is 4.79 Å².